The molecule has 9 heteroatoms. The second-order valence-corrected chi connectivity index (χ2v) is 6.31. The first-order valence-electron chi connectivity index (χ1n) is 8.73. The monoisotopic (exact) mass is 380 g/mol. The van der Waals surface area contributed by atoms with Crippen molar-refractivity contribution >= 4 is 34.7 Å². The number of fused-ring (bicyclic) bond motifs is 1. The van der Waals surface area contributed by atoms with Gasteiger partial charge < -0.3 is 14.9 Å². The normalized spacial score (nSPS) is 14.8. The van der Waals surface area contributed by atoms with E-state index in [2.05, 4.69) is 24.8 Å². The van der Waals surface area contributed by atoms with Crippen LogP contribution in [0.1, 0.15) is 5.56 Å². The van der Waals surface area contributed by atoms with Crippen LogP contribution in [0.25, 0.3) is 11.0 Å². The number of carbonyl (C=O) groups is 1. The fraction of sp³-hybridized carbons (Fsp3) is 0.211. The summed E-state index contributed by atoms with van der Waals surface area (Å²) in [6.07, 6.45) is 6.92. The van der Waals surface area contributed by atoms with Crippen molar-refractivity contribution in [2.75, 3.05) is 31.1 Å². The summed E-state index contributed by atoms with van der Waals surface area (Å²) in [5.74, 6) is -0.455. The minimum absolute atomic E-state index is 0.220. The van der Waals surface area contributed by atoms with E-state index < -0.39 is 11.9 Å². The third-order valence-electron chi connectivity index (χ3n) is 4.57. The maximum absolute atomic E-state index is 14.2. The van der Waals surface area contributed by atoms with Gasteiger partial charge in [0.1, 0.15) is 11.2 Å². The molecule has 1 aromatic carbocycles. The molecule has 0 spiro atoms. The first-order chi connectivity index (χ1) is 13.6. The molecule has 1 aliphatic heterocycles. The third-order valence-corrected chi connectivity index (χ3v) is 4.57. The molecule has 0 atom stereocenters. The van der Waals surface area contributed by atoms with Gasteiger partial charge in [0.25, 0.3) is 0 Å². The summed E-state index contributed by atoms with van der Waals surface area (Å²) >= 11 is 0. The highest BCUT2D eigenvalue weighted by Gasteiger charge is 2.21. The minimum Gasteiger partial charge on any atom is -0.465 e. The Morgan fingerprint density at radius 1 is 1.14 bits per heavy atom. The summed E-state index contributed by atoms with van der Waals surface area (Å²) in [6.45, 7) is 1.99. The summed E-state index contributed by atoms with van der Waals surface area (Å²) < 4.78 is 14.2. The standard InChI is InChI=1S/C19H17FN6O2/c20-14-9-13(10-15-18(14)23-4-3-22-15)11-24-16-12-21-2-1-17(16)25-5-7-26(8-6-25)19(27)28/h1-4,9-12H,5-8H2,(H,27,28). The molecular weight excluding hydrogens is 363 g/mol. The van der Waals surface area contributed by atoms with Crippen LogP contribution in [0.4, 0.5) is 20.6 Å². The zero-order valence-electron chi connectivity index (χ0n) is 14.9. The second kappa shape index (κ2) is 7.55. The van der Waals surface area contributed by atoms with Gasteiger partial charge >= 0.3 is 6.09 Å². The van der Waals surface area contributed by atoms with Crippen molar-refractivity contribution in [1.29, 1.82) is 0 Å². The van der Waals surface area contributed by atoms with E-state index in [1.165, 1.54) is 23.4 Å². The summed E-state index contributed by atoms with van der Waals surface area (Å²) in [6, 6.07) is 4.92. The van der Waals surface area contributed by atoms with E-state index in [1.807, 2.05) is 6.07 Å². The van der Waals surface area contributed by atoms with Crippen LogP contribution in [0, 0.1) is 5.82 Å². The fourth-order valence-corrected chi connectivity index (χ4v) is 3.16. The lowest BCUT2D eigenvalue weighted by atomic mass is 10.2. The van der Waals surface area contributed by atoms with Gasteiger partial charge in [-0.15, -0.1) is 0 Å². The largest absolute Gasteiger partial charge is 0.465 e. The maximum atomic E-state index is 14.2. The van der Waals surface area contributed by atoms with Gasteiger partial charge in [-0.05, 0) is 23.8 Å². The van der Waals surface area contributed by atoms with Crippen molar-refractivity contribution in [2.24, 2.45) is 4.99 Å². The van der Waals surface area contributed by atoms with Crippen molar-refractivity contribution in [3.8, 4) is 0 Å². The number of halogens is 1. The highest BCUT2D eigenvalue weighted by molar-refractivity contribution is 5.89. The van der Waals surface area contributed by atoms with E-state index in [1.54, 1.807) is 24.7 Å². The molecule has 0 bridgehead atoms. The van der Waals surface area contributed by atoms with E-state index in [4.69, 9.17) is 5.11 Å². The summed E-state index contributed by atoms with van der Waals surface area (Å²) in [7, 11) is 0. The molecule has 0 radical (unpaired) electrons. The summed E-state index contributed by atoms with van der Waals surface area (Å²) in [5.41, 5.74) is 2.73. The molecule has 142 valence electrons. The van der Waals surface area contributed by atoms with Crippen LogP contribution in [0.2, 0.25) is 0 Å². The molecule has 2 aromatic heterocycles. The fourth-order valence-electron chi connectivity index (χ4n) is 3.16. The summed E-state index contributed by atoms with van der Waals surface area (Å²) in [4.78, 5) is 31.3. The SMILES string of the molecule is O=C(O)N1CCN(c2ccncc2N=Cc2cc(F)c3nccnc3c2)CC1. The molecule has 1 fully saturated rings. The van der Waals surface area contributed by atoms with Crippen molar-refractivity contribution in [3.63, 3.8) is 0 Å². The molecule has 4 rings (SSSR count). The number of nitrogens with zero attached hydrogens (tertiary/aromatic N) is 6. The molecule has 1 saturated heterocycles. The molecular formula is C19H17FN6O2. The Morgan fingerprint density at radius 3 is 2.71 bits per heavy atom. The first-order valence-corrected chi connectivity index (χ1v) is 8.73. The Labute approximate surface area is 160 Å². The molecule has 8 nitrogen and oxygen atoms in total. The predicted molar refractivity (Wildman–Crippen MR) is 103 cm³/mol. The molecule has 28 heavy (non-hydrogen) atoms. The number of benzene rings is 1. The number of aliphatic imine (C=N–C) groups is 1. The highest BCUT2D eigenvalue weighted by atomic mass is 19.1. The van der Waals surface area contributed by atoms with Crippen molar-refractivity contribution in [3.05, 3.63) is 54.4 Å². The number of anilines is 1. The van der Waals surface area contributed by atoms with Crippen molar-refractivity contribution in [1.82, 2.24) is 19.9 Å². The minimum atomic E-state index is -0.908. The number of rotatable bonds is 3. The molecule has 0 aliphatic carbocycles. The molecule has 3 aromatic rings. The topological polar surface area (TPSA) is 94.8 Å². The Balaban J connectivity index is 1.58. The van der Waals surface area contributed by atoms with Gasteiger partial charge in [0, 0.05) is 51.0 Å². The molecule has 1 amide bonds. The maximum Gasteiger partial charge on any atom is 0.407 e. The van der Waals surface area contributed by atoms with Gasteiger partial charge in [-0.3, -0.25) is 15.0 Å². The lowest BCUT2D eigenvalue weighted by Crippen LogP contribution is -2.48. The van der Waals surface area contributed by atoms with Gasteiger partial charge in [-0.25, -0.2) is 14.2 Å². The van der Waals surface area contributed by atoms with Gasteiger partial charge in [0.2, 0.25) is 0 Å². The van der Waals surface area contributed by atoms with Gasteiger partial charge in [-0.1, -0.05) is 0 Å². The number of hydrogen-bond donors (Lipinski definition) is 1. The summed E-state index contributed by atoms with van der Waals surface area (Å²) in [5, 5.41) is 9.09. The van der Waals surface area contributed by atoms with Crippen LogP contribution in [-0.4, -0.2) is 63.4 Å². The van der Waals surface area contributed by atoms with E-state index in [0.29, 0.717) is 42.9 Å². The third kappa shape index (κ3) is 3.59. The quantitative estimate of drug-likeness (QED) is 0.702. The van der Waals surface area contributed by atoms with Crippen molar-refractivity contribution in [2.45, 2.75) is 0 Å². The zero-order valence-corrected chi connectivity index (χ0v) is 14.9. The van der Waals surface area contributed by atoms with Crippen molar-refractivity contribution < 1.29 is 14.3 Å². The number of piperazine rings is 1. The number of pyridine rings is 1. The van der Waals surface area contributed by atoms with Gasteiger partial charge in [0.15, 0.2) is 5.82 Å². The van der Waals surface area contributed by atoms with Gasteiger partial charge in [0.05, 0.1) is 17.4 Å². The van der Waals surface area contributed by atoms with Crippen LogP contribution in [0.3, 0.4) is 0 Å². The second-order valence-electron chi connectivity index (χ2n) is 6.31. The highest BCUT2D eigenvalue weighted by Crippen LogP contribution is 2.28. The van der Waals surface area contributed by atoms with Crippen LogP contribution >= 0.6 is 0 Å². The lowest BCUT2D eigenvalue weighted by molar-refractivity contribution is 0.142. The van der Waals surface area contributed by atoms with Crippen LogP contribution in [-0.2, 0) is 0 Å². The van der Waals surface area contributed by atoms with E-state index in [0.717, 1.165) is 5.69 Å². The zero-order chi connectivity index (χ0) is 19.5. The number of carboxylic acid groups (broad SMARTS) is 1. The predicted octanol–water partition coefficient (Wildman–Crippen LogP) is 2.71. The molecule has 0 unspecified atom stereocenters. The van der Waals surface area contributed by atoms with E-state index in [9.17, 15) is 9.18 Å². The molecule has 0 saturated carbocycles. The van der Waals surface area contributed by atoms with E-state index >= 15 is 0 Å². The average molecular weight is 380 g/mol. The molecule has 1 N–H and O–H groups in total. The number of aromatic nitrogens is 3. The average Bonchev–Trinajstić information content (AvgIpc) is 2.72. The lowest BCUT2D eigenvalue weighted by Gasteiger charge is -2.35. The molecule has 3 heterocycles. The smallest absolute Gasteiger partial charge is 0.407 e. The van der Waals surface area contributed by atoms with Crippen LogP contribution in [0.5, 0.6) is 0 Å². The Morgan fingerprint density at radius 2 is 1.93 bits per heavy atom. The Hall–Kier alpha value is -3.62. The van der Waals surface area contributed by atoms with E-state index in [-0.39, 0.29) is 5.52 Å². The van der Waals surface area contributed by atoms with Gasteiger partial charge in [-0.2, -0.15) is 0 Å². The number of hydrogen-bond acceptors (Lipinski definition) is 6. The molecule has 1 aliphatic rings. The van der Waals surface area contributed by atoms with Crippen LogP contribution in [0.15, 0.2) is 48.0 Å². The van der Waals surface area contributed by atoms with Crippen LogP contribution < -0.4 is 4.90 Å². The number of amides is 1. The first kappa shape index (κ1) is 17.8. The Kier molecular flexibility index (Phi) is 4.79. The Bertz CT molecular complexity index is 1050.